The molecule has 7 nitrogen and oxygen atoms in total. The molecule has 0 saturated heterocycles. The molecule has 21 heavy (non-hydrogen) atoms. The van der Waals surface area contributed by atoms with Crippen LogP contribution in [0.4, 0.5) is 10.5 Å². The molecule has 0 aliphatic heterocycles. The SMILES string of the molecule is CCCCNC(=O)Nc1ccc(S(=O)(=O)NC(C)=O)cc1. The van der Waals surface area contributed by atoms with Crippen LogP contribution in [-0.4, -0.2) is 26.9 Å². The van der Waals surface area contributed by atoms with Gasteiger partial charge >= 0.3 is 6.03 Å². The second-order valence-corrected chi connectivity index (χ2v) is 6.10. The van der Waals surface area contributed by atoms with E-state index in [1.54, 1.807) is 0 Å². The average Bonchev–Trinajstić information content (AvgIpc) is 2.38. The Kier molecular flexibility index (Phi) is 6.16. The van der Waals surface area contributed by atoms with E-state index in [0.29, 0.717) is 12.2 Å². The van der Waals surface area contributed by atoms with Crippen LogP contribution in [0.5, 0.6) is 0 Å². The molecule has 0 aliphatic carbocycles. The summed E-state index contributed by atoms with van der Waals surface area (Å²) in [5.74, 6) is -0.660. The van der Waals surface area contributed by atoms with Crippen molar-refractivity contribution in [2.75, 3.05) is 11.9 Å². The zero-order valence-electron chi connectivity index (χ0n) is 12.0. The number of benzene rings is 1. The maximum Gasteiger partial charge on any atom is 0.319 e. The molecule has 0 saturated carbocycles. The summed E-state index contributed by atoms with van der Waals surface area (Å²) >= 11 is 0. The number of carbonyl (C=O) groups excluding carboxylic acids is 2. The number of hydrogen-bond acceptors (Lipinski definition) is 4. The van der Waals surface area contributed by atoms with E-state index in [-0.39, 0.29) is 10.9 Å². The molecule has 0 atom stereocenters. The highest BCUT2D eigenvalue weighted by Crippen LogP contribution is 2.13. The van der Waals surface area contributed by atoms with Crippen molar-refractivity contribution in [3.63, 3.8) is 0 Å². The molecule has 0 bridgehead atoms. The molecule has 0 heterocycles. The summed E-state index contributed by atoms with van der Waals surface area (Å²) in [5, 5.41) is 5.27. The van der Waals surface area contributed by atoms with Gasteiger partial charge in [0.25, 0.3) is 10.0 Å². The topological polar surface area (TPSA) is 104 Å². The third-order valence-corrected chi connectivity index (χ3v) is 3.97. The standard InChI is InChI=1S/C13H19N3O4S/c1-3-4-9-14-13(18)15-11-5-7-12(8-6-11)21(19,20)16-10(2)17/h5-8H,3-4,9H2,1-2H3,(H,16,17)(H2,14,15,18). The largest absolute Gasteiger partial charge is 0.338 e. The molecule has 0 aliphatic rings. The molecule has 1 rings (SSSR count). The molecule has 1 aromatic rings. The Balaban J connectivity index is 2.66. The summed E-state index contributed by atoms with van der Waals surface area (Å²) in [5.41, 5.74) is 0.464. The summed E-state index contributed by atoms with van der Waals surface area (Å²) in [6.07, 6.45) is 1.87. The number of urea groups is 1. The molecule has 3 amide bonds. The normalized spacial score (nSPS) is 10.8. The van der Waals surface area contributed by atoms with Crippen LogP contribution in [0.25, 0.3) is 0 Å². The summed E-state index contributed by atoms with van der Waals surface area (Å²) in [4.78, 5) is 22.3. The van der Waals surface area contributed by atoms with Crippen LogP contribution in [0.2, 0.25) is 0 Å². The van der Waals surface area contributed by atoms with Crippen molar-refractivity contribution in [3.8, 4) is 0 Å². The highest BCUT2D eigenvalue weighted by atomic mass is 32.2. The van der Waals surface area contributed by atoms with Gasteiger partial charge in [0.15, 0.2) is 0 Å². The highest BCUT2D eigenvalue weighted by Gasteiger charge is 2.15. The molecule has 1 aromatic carbocycles. The van der Waals surface area contributed by atoms with Gasteiger partial charge in [-0.1, -0.05) is 13.3 Å². The van der Waals surface area contributed by atoms with Gasteiger partial charge < -0.3 is 10.6 Å². The minimum Gasteiger partial charge on any atom is -0.338 e. The van der Waals surface area contributed by atoms with Gasteiger partial charge in [-0.15, -0.1) is 0 Å². The number of rotatable bonds is 6. The second kappa shape index (κ2) is 7.63. The van der Waals surface area contributed by atoms with Crippen molar-refractivity contribution < 1.29 is 18.0 Å². The van der Waals surface area contributed by atoms with E-state index < -0.39 is 15.9 Å². The van der Waals surface area contributed by atoms with Crippen LogP contribution >= 0.6 is 0 Å². The third-order valence-electron chi connectivity index (χ3n) is 2.52. The van der Waals surface area contributed by atoms with Crippen molar-refractivity contribution in [3.05, 3.63) is 24.3 Å². The quantitative estimate of drug-likeness (QED) is 0.691. The fourth-order valence-corrected chi connectivity index (χ4v) is 2.51. The lowest BCUT2D eigenvalue weighted by Gasteiger charge is -2.08. The van der Waals surface area contributed by atoms with Gasteiger partial charge in [-0.3, -0.25) is 4.79 Å². The number of nitrogens with one attached hydrogen (secondary N) is 3. The lowest BCUT2D eigenvalue weighted by molar-refractivity contribution is -0.117. The summed E-state index contributed by atoms with van der Waals surface area (Å²) < 4.78 is 25.3. The van der Waals surface area contributed by atoms with Gasteiger partial charge in [0.2, 0.25) is 5.91 Å². The van der Waals surface area contributed by atoms with Crippen molar-refractivity contribution in [1.29, 1.82) is 0 Å². The molecular weight excluding hydrogens is 294 g/mol. The molecule has 8 heteroatoms. The van der Waals surface area contributed by atoms with Gasteiger partial charge in [0.1, 0.15) is 0 Å². The molecule has 3 N–H and O–H groups in total. The molecule has 0 aromatic heterocycles. The van der Waals surface area contributed by atoms with Gasteiger partial charge in [0, 0.05) is 19.2 Å². The zero-order valence-corrected chi connectivity index (χ0v) is 12.8. The van der Waals surface area contributed by atoms with Crippen LogP contribution in [0.1, 0.15) is 26.7 Å². The molecule has 116 valence electrons. The number of carbonyl (C=O) groups is 2. The summed E-state index contributed by atoms with van der Waals surface area (Å²) in [6, 6.07) is 5.18. The maximum atomic E-state index is 11.7. The third kappa shape index (κ3) is 5.82. The number of hydrogen-bond donors (Lipinski definition) is 3. The van der Waals surface area contributed by atoms with Gasteiger partial charge in [0.05, 0.1) is 4.90 Å². The van der Waals surface area contributed by atoms with E-state index in [0.717, 1.165) is 19.8 Å². The highest BCUT2D eigenvalue weighted by molar-refractivity contribution is 7.90. The van der Waals surface area contributed by atoms with E-state index in [9.17, 15) is 18.0 Å². The maximum absolute atomic E-state index is 11.7. The average molecular weight is 313 g/mol. The number of anilines is 1. The molecule has 0 radical (unpaired) electrons. The summed E-state index contributed by atoms with van der Waals surface area (Å²) in [6.45, 7) is 3.72. The molecule has 0 spiro atoms. The fourth-order valence-electron chi connectivity index (χ4n) is 1.52. The Labute approximate surface area is 124 Å². The minimum absolute atomic E-state index is 0.0466. The predicted molar refractivity (Wildman–Crippen MR) is 79.4 cm³/mol. The van der Waals surface area contributed by atoms with E-state index >= 15 is 0 Å². The Morgan fingerprint density at radius 2 is 1.76 bits per heavy atom. The molecule has 0 unspecified atom stereocenters. The van der Waals surface area contributed by atoms with E-state index in [4.69, 9.17) is 0 Å². The smallest absolute Gasteiger partial charge is 0.319 e. The zero-order chi connectivity index (χ0) is 15.9. The number of unbranched alkanes of at least 4 members (excludes halogenated alkanes) is 1. The first-order valence-corrected chi connectivity index (χ1v) is 8.02. The lowest BCUT2D eigenvalue weighted by Crippen LogP contribution is -2.29. The van der Waals surface area contributed by atoms with E-state index in [1.807, 2.05) is 11.6 Å². The van der Waals surface area contributed by atoms with Crippen LogP contribution in [-0.2, 0) is 14.8 Å². The predicted octanol–water partition coefficient (Wildman–Crippen LogP) is 1.43. The molecular formula is C13H19N3O4S. The number of amides is 3. The van der Waals surface area contributed by atoms with Gasteiger partial charge in [-0.25, -0.2) is 17.9 Å². The van der Waals surface area contributed by atoms with Crippen LogP contribution < -0.4 is 15.4 Å². The van der Waals surface area contributed by atoms with Crippen LogP contribution in [0, 0.1) is 0 Å². The first kappa shape index (κ1) is 17.0. The number of sulfonamides is 1. The van der Waals surface area contributed by atoms with Crippen molar-refractivity contribution in [2.24, 2.45) is 0 Å². The Hall–Kier alpha value is -2.09. The first-order valence-electron chi connectivity index (χ1n) is 6.53. The monoisotopic (exact) mass is 313 g/mol. The van der Waals surface area contributed by atoms with E-state index in [1.165, 1.54) is 24.3 Å². The Bertz CT molecular complexity index is 596. The van der Waals surface area contributed by atoms with Crippen molar-refractivity contribution in [2.45, 2.75) is 31.6 Å². The van der Waals surface area contributed by atoms with E-state index in [2.05, 4.69) is 10.6 Å². The van der Waals surface area contributed by atoms with Crippen molar-refractivity contribution >= 4 is 27.6 Å². The Morgan fingerprint density at radius 3 is 2.29 bits per heavy atom. The second-order valence-electron chi connectivity index (χ2n) is 4.42. The molecule has 0 fully saturated rings. The van der Waals surface area contributed by atoms with Crippen LogP contribution in [0.15, 0.2) is 29.2 Å². The minimum atomic E-state index is -3.85. The lowest BCUT2D eigenvalue weighted by atomic mass is 10.3. The van der Waals surface area contributed by atoms with Gasteiger partial charge in [-0.05, 0) is 30.7 Å². The Morgan fingerprint density at radius 1 is 1.14 bits per heavy atom. The van der Waals surface area contributed by atoms with Gasteiger partial charge in [-0.2, -0.15) is 0 Å². The summed E-state index contributed by atoms with van der Waals surface area (Å²) in [7, 11) is -3.85. The fraction of sp³-hybridized carbons (Fsp3) is 0.385. The van der Waals surface area contributed by atoms with Crippen LogP contribution in [0.3, 0.4) is 0 Å². The first-order chi connectivity index (χ1) is 9.85. The van der Waals surface area contributed by atoms with Crippen molar-refractivity contribution in [1.82, 2.24) is 10.0 Å².